The van der Waals surface area contributed by atoms with Crippen molar-refractivity contribution in [3.05, 3.63) is 33.6 Å². The summed E-state index contributed by atoms with van der Waals surface area (Å²) >= 11 is -1.33. The van der Waals surface area contributed by atoms with Crippen LogP contribution in [0.5, 0.6) is 0 Å². The van der Waals surface area contributed by atoms with Gasteiger partial charge in [-0.05, 0) is 46.2 Å². The second-order valence-electron chi connectivity index (χ2n) is 8.12. The van der Waals surface area contributed by atoms with Crippen molar-refractivity contribution in [1.29, 1.82) is 0 Å². The molecule has 1 fully saturated rings. The normalized spacial score (nSPS) is 19.8. The van der Waals surface area contributed by atoms with Crippen LogP contribution in [-0.4, -0.2) is 45.2 Å². The Hall–Kier alpha value is -1.61. The van der Waals surface area contributed by atoms with Crippen LogP contribution in [0, 0.1) is 6.92 Å². The van der Waals surface area contributed by atoms with Crippen LogP contribution in [0.3, 0.4) is 0 Å². The first-order valence-electron chi connectivity index (χ1n) is 10.9. The average Bonchev–Trinajstić information content (AvgIpc) is 2.66. The molecule has 0 spiro atoms. The van der Waals surface area contributed by atoms with Gasteiger partial charge in [0.05, 0.1) is 30.2 Å². The fraction of sp³-hybridized carbons (Fsp3) is 0.600. The zero-order chi connectivity index (χ0) is 23.1. The predicted octanol–water partition coefficient (Wildman–Crippen LogP) is 2.19. The van der Waals surface area contributed by atoms with Crippen LogP contribution in [-0.2, 0) is 23.1 Å². The molecule has 2 aromatic rings. The SMILES string of the molecule is [2H]C([2H])([2H])n1c(N2CCOCC2)nc2c([C@@H](C)N[S+]([O-])C(C)(C)C)cc(C)cc2c1=O. The number of hydrogen-bond acceptors (Lipinski definition) is 6. The molecule has 0 aliphatic carbocycles. The smallest absolute Gasteiger partial charge is 0.262 e. The van der Waals surface area contributed by atoms with Gasteiger partial charge in [-0.15, -0.1) is 4.72 Å². The van der Waals surface area contributed by atoms with Crippen LogP contribution in [0.4, 0.5) is 5.95 Å². The molecule has 1 aromatic heterocycles. The molecule has 1 N–H and O–H groups in total. The van der Waals surface area contributed by atoms with Crippen LogP contribution in [0.1, 0.15) is 49.0 Å². The van der Waals surface area contributed by atoms with Gasteiger partial charge in [0.25, 0.3) is 5.56 Å². The standard InChI is InChI=1S/C20H30N4O3S/c1-13-11-15(14(2)22-28(26)20(3,4)5)17-16(12-13)18(25)23(6)19(21-17)24-7-9-27-10-8-24/h11-12,14,22H,7-10H2,1-6H3/t14-,28?/m1/s1/i6D3. The van der Waals surface area contributed by atoms with Gasteiger partial charge in [-0.3, -0.25) is 9.36 Å². The minimum Gasteiger partial charge on any atom is -0.598 e. The highest BCUT2D eigenvalue weighted by Gasteiger charge is 2.29. The molecule has 0 amide bonds. The van der Waals surface area contributed by atoms with Crippen molar-refractivity contribution in [1.82, 2.24) is 14.3 Å². The van der Waals surface area contributed by atoms with E-state index in [4.69, 9.17) is 13.8 Å². The number of ether oxygens (including phenoxy) is 1. The number of benzene rings is 1. The van der Waals surface area contributed by atoms with Gasteiger partial charge in [0.2, 0.25) is 5.95 Å². The summed E-state index contributed by atoms with van der Waals surface area (Å²) in [7, 11) is 0. The molecule has 154 valence electrons. The van der Waals surface area contributed by atoms with Gasteiger partial charge in [0.15, 0.2) is 0 Å². The van der Waals surface area contributed by atoms with Crippen LogP contribution >= 0.6 is 0 Å². The lowest BCUT2D eigenvalue weighted by Crippen LogP contribution is -2.41. The first-order chi connectivity index (χ1) is 14.3. The number of aryl methyl sites for hydroxylation is 1. The molecule has 0 saturated carbocycles. The van der Waals surface area contributed by atoms with Crippen molar-refractivity contribution in [2.45, 2.75) is 45.4 Å². The Morgan fingerprint density at radius 3 is 2.64 bits per heavy atom. The number of aromatic nitrogens is 2. The largest absolute Gasteiger partial charge is 0.598 e. The summed E-state index contributed by atoms with van der Waals surface area (Å²) in [6, 6.07) is 3.19. The molecule has 1 aromatic carbocycles. The third-order valence-electron chi connectivity index (χ3n) is 4.73. The summed E-state index contributed by atoms with van der Waals surface area (Å²) < 4.78 is 45.3. The molecule has 2 atom stereocenters. The molecule has 1 aliphatic heterocycles. The highest BCUT2D eigenvalue weighted by molar-refractivity contribution is 7.90. The molecule has 2 heterocycles. The Labute approximate surface area is 173 Å². The second-order valence-corrected chi connectivity index (χ2v) is 10.1. The minimum atomic E-state index is -2.67. The van der Waals surface area contributed by atoms with Crippen LogP contribution in [0.15, 0.2) is 16.9 Å². The predicted molar refractivity (Wildman–Crippen MR) is 114 cm³/mol. The number of nitrogens with zero attached hydrogens (tertiary/aromatic N) is 3. The average molecular weight is 410 g/mol. The number of rotatable bonds is 4. The summed E-state index contributed by atoms with van der Waals surface area (Å²) in [5.74, 6) is 0.107. The summed E-state index contributed by atoms with van der Waals surface area (Å²) in [6.07, 6.45) is 0. The van der Waals surface area contributed by atoms with E-state index < -0.39 is 28.6 Å². The second kappa shape index (κ2) is 8.02. The zero-order valence-corrected chi connectivity index (χ0v) is 17.9. The fourth-order valence-corrected chi connectivity index (χ4v) is 3.96. The molecule has 28 heavy (non-hydrogen) atoms. The van der Waals surface area contributed by atoms with Gasteiger partial charge in [0, 0.05) is 41.1 Å². The molecular formula is C20H30N4O3S. The molecule has 7 nitrogen and oxygen atoms in total. The quantitative estimate of drug-likeness (QED) is 0.780. The third kappa shape index (κ3) is 4.20. The van der Waals surface area contributed by atoms with Gasteiger partial charge in [-0.2, -0.15) is 0 Å². The fourth-order valence-electron chi connectivity index (χ4n) is 3.16. The highest BCUT2D eigenvalue weighted by atomic mass is 32.2. The van der Waals surface area contributed by atoms with Crippen LogP contribution in [0.2, 0.25) is 0 Å². The van der Waals surface area contributed by atoms with Gasteiger partial charge in [0.1, 0.15) is 4.75 Å². The summed E-state index contributed by atoms with van der Waals surface area (Å²) in [4.78, 5) is 19.8. The first-order valence-corrected chi connectivity index (χ1v) is 10.5. The Bertz CT molecular complexity index is 1010. The lowest BCUT2D eigenvalue weighted by molar-refractivity contribution is 0.121. The number of morpholine rings is 1. The van der Waals surface area contributed by atoms with E-state index in [9.17, 15) is 9.35 Å². The van der Waals surface area contributed by atoms with Gasteiger partial charge in [-0.1, -0.05) is 6.07 Å². The van der Waals surface area contributed by atoms with Gasteiger partial charge >= 0.3 is 0 Å². The lowest BCUT2D eigenvalue weighted by atomic mass is 10.0. The minimum absolute atomic E-state index is 0.107. The maximum absolute atomic E-state index is 13.4. The highest BCUT2D eigenvalue weighted by Crippen LogP contribution is 2.27. The molecule has 1 saturated heterocycles. The maximum atomic E-state index is 13.4. The van der Waals surface area contributed by atoms with Gasteiger partial charge < -0.3 is 14.2 Å². The Balaban J connectivity index is 2.23. The van der Waals surface area contributed by atoms with Gasteiger partial charge in [-0.25, -0.2) is 4.98 Å². The third-order valence-corrected chi connectivity index (χ3v) is 6.41. The number of fused-ring (bicyclic) bond motifs is 1. The number of hydrogen-bond donors (Lipinski definition) is 1. The summed E-state index contributed by atoms with van der Waals surface area (Å²) in [5, 5.41) is 0.235. The number of anilines is 1. The molecule has 0 bridgehead atoms. The van der Waals surface area contributed by atoms with Crippen LogP contribution < -0.4 is 15.2 Å². The van der Waals surface area contributed by atoms with E-state index >= 15 is 0 Å². The van der Waals surface area contributed by atoms with Crippen molar-refractivity contribution in [3.8, 4) is 0 Å². The Morgan fingerprint density at radius 2 is 2.04 bits per heavy atom. The van der Waals surface area contributed by atoms with E-state index in [-0.39, 0.29) is 17.4 Å². The van der Waals surface area contributed by atoms with E-state index in [0.717, 1.165) is 10.1 Å². The van der Waals surface area contributed by atoms with Crippen molar-refractivity contribution < 1.29 is 13.4 Å². The van der Waals surface area contributed by atoms with E-state index in [1.54, 1.807) is 11.0 Å². The number of nitrogens with one attached hydrogen (secondary N) is 1. The van der Waals surface area contributed by atoms with E-state index in [1.165, 1.54) is 0 Å². The molecular weight excluding hydrogens is 376 g/mol. The monoisotopic (exact) mass is 409 g/mol. The molecule has 1 unspecified atom stereocenters. The van der Waals surface area contributed by atoms with Crippen molar-refractivity contribution >= 4 is 28.2 Å². The van der Waals surface area contributed by atoms with Crippen molar-refractivity contribution in [3.63, 3.8) is 0 Å². The first kappa shape index (κ1) is 17.3. The molecule has 1 aliphatic rings. The van der Waals surface area contributed by atoms with Crippen molar-refractivity contribution in [2.75, 3.05) is 31.2 Å². The zero-order valence-electron chi connectivity index (χ0n) is 20.0. The summed E-state index contributed by atoms with van der Waals surface area (Å²) in [5.41, 5.74) is 1.31. The Morgan fingerprint density at radius 1 is 1.36 bits per heavy atom. The lowest BCUT2D eigenvalue weighted by Gasteiger charge is -2.30. The summed E-state index contributed by atoms with van der Waals surface area (Å²) in [6.45, 7) is 8.40. The topological polar surface area (TPSA) is 82.4 Å². The molecule has 8 heteroatoms. The van der Waals surface area contributed by atoms with Crippen molar-refractivity contribution in [2.24, 2.45) is 6.98 Å². The van der Waals surface area contributed by atoms with E-state index in [2.05, 4.69) is 4.72 Å². The van der Waals surface area contributed by atoms with E-state index in [1.807, 2.05) is 40.7 Å². The molecule has 0 radical (unpaired) electrons. The van der Waals surface area contributed by atoms with E-state index in [0.29, 0.717) is 37.4 Å². The Kier molecular flexibility index (Phi) is 4.95. The maximum Gasteiger partial charge on any atom is 0.262 e. The van der Waals surface area contributed by atoms with Crippen LogP contribution in [0.25, 0.3) is 10.9 Å². The molecule has 3 rings (SSSR count).